The first-order chi connectivity index (χ1) is 9.87. The molecule has 2 amide bonds. The van der Waals surface area contributed by atoms with Crippen LogP contribution >= 0.6 is 46.8 Å². The molecule has 1 saturated heterocycles. The van der Waals surface area contributed by atoms with Gasteiger partial charge in [0.15, 0.2) is 0 Å². The van der Waals surface area contributed by atoms with Gasteiger partial charge in [0.25, 0.3) is 3.12 Å². The molecule has 1 aromatic carbocycles. The number of benzene rings is 1. The van der Waals surface area contributed by atoms with Crippen molar-refractivity contribution >= 4 is 58.5 Å². The minimum atomic E-state index is -1.68. The molecule has 114 valence electrons. The highest BCUT2D eigenvalue weighted by Gasteiger charge is 2.48. The SMILES string of the molecule is O=C1N(SC(Cl)(Cl)Cl)NC(C2CC2)N1c1ccccc1F. The van der Waals surface area contributed by atoms with Crippen LogP contribution < -0.4 is 10.3 Å². The van der Waals surface area contributed by atoms with Gasteiger partial charge in [0.1, 0.15) is 12.0 Å². The van der Waals surface area contributed by atoms with Crippen molar-refractivity contribution in [3.05, 3.63) is 30.1 Å². The molecule has 1 N–H and O–H groups in total. The molecular weight excluding hydrogens is 360 g/mol. The van der Waals surface area contributed by atoms with E-state index in [1.54, 1.807) is 18.2 Å². The number of hydrogen-bond acceptors (Lipinski definition) is 3. The summed E-state index contributed by atoms with van der Waals surface area (Å²) in [6.07, 6.45) is 1.62. The van der Waals surface area contributed by atoms with E-state index in [2.05, 4.69) is 5.43 Å². The predicted octanol–water partition coefficient (Wildman–Crippen LogP) is 4.28. The number of alkyl halides is 3. The maximum Gasteiger partial charge on any atom is 0.351 e. The van der Waals surface area contributed by atoms with Gasteiger partial charge in [-0.25, -0.2) is 9.18 Å². The molecule has 21 heavy (non-hydrogen) atoms. The molecule has 0 spiro atoms. The number of amides is 2. The lowest BCUT2D eigenvalue weighted by Gasteiger charge is -2.22. The quantitative estimate of drug-likeness (QED) is 0.637. The molecule has 9 heteroatoms. The minimum Gasteiger partial charge on any atom is -0.272 e. The normalized spacial score (nSPS) is 23.0. The van der Waals surface area contributed by atoms with Crippen molar-refractivity contribution in [3.8, 4) is 0 Å². The Morgan fingerprint density at radius 2 is 1.95 bits per heavy atom. The van der Waals surface area contributed by atoms with E-state index in [-0.39, 0.29) is 17.8 Å². The van der Waals surface area contributed by atoms with E-state index in [0.29, 0.717) is 0 Å². The van der Waals surface area contributed by atoms with Crippen molar-refractivity contribution < 1.29 is 9.18 Å². The van der Waals surface area contributed by atoms with Crippen LogP contribution in [0, 0.1) is 11.7 Å². The Bertz CT molecular complexity index is 567. The van der Waals surface area contributed by atoms with Crippen LogP contribution in [0.25, 0.3) is 0 Å². The maximum atomic E-state index is 14.0. The summed E-state index contributed by atoms with van der Waals surface area (Å²) in [4.78, 5) is 13.9. The molecule has 2 fully saturated rings. The molecule has 1 saturated carbocycles. The van der Waals surface area contributed by atoms with Crippen LogP contribution in [-0.4, -0.2) is 19.7 Å². The van der Waals surface area contributed by atoms with Crippen molar-refractivity contribution in [2.24, 2.45) is 5.92 Å². The number of rotatable bonds is 3. The van der Waals surface area contributed by atoms with Crippen molar-refractivity contribution in [1.82, 2.24) is 9.84 Å². The molecule has 1 atom stereocenters. The summed E-state index contributed by atoms with van der Waals surface area (Å²) in [6, 6.07) is 5.69. The van der Waals surface area contributed by atoms with Crippen molar-refractivity contribution in [3.63, 3.8) is 0 Å². The van der Waals surface area contributed by atoms with Crippen molar-refractivity contribution in [2.75, 3.05) is 4.90 Å². The lowest BCUT2D eigenvalue weighted by molar-refractivity contribution is 0.236. The highest BCUT2D eigenvalue weighted by molar-refractivity contribution is 8.03. The van der Waals surface area contributed by atoms with Crippen molar-refractivity contribution in [2.45, 2.75) is 22.1 Å². The Kier molecular flexibility index (Phi) is 4.18. The number of hydrogen-bond donors (Lipinski definition) is 1. The number of nitrogens with one attached hydrogen (secondary N) is 1. The van der Waals surface area contributed by atoms with E-state index in [0.717, 1.165) is 29.2 Å². The van der Waals surface area contributed by atoms with E-state index in [1.165, 1.54) is 11.0 Å². The first-order valence-corrected chi connectivity index (χ1v) is 8.17. The zero-order valence-corrected chi connectivity index (χ0v) is 13.7. The molecule has 1 heterocycles. The van der Waals surface area contributed by atoms with Gasteiger partial charge in [-0.2, -0.15) is 9.84 Å². The first kappa shape index (κ1) is 15.5. The number of halogens is 4. The van der Waals surface area contributed by atoms with Gasteiger partial charge in [-0.3, -0.25) is 4.90 Å². The van der Waals surface area contributed by atoms with Crippen LogP contribution in [0.4, 0.5) is 14.9 Å². The monoisotopic (exact) mass is 369 g/mol. The van der Waals surface area contributed by atoms with Crippen LogP contribution in [0.2, 0.25) is 0 Å². The Labute approximate surface area is 140 Å². The summed E-state index contributed by atoms with van der Waals surface area (Å²) in [5.41, 5.74) is 3.21. The number of urea groups is 1. The molecule has 1 aromatic rings. The number of hydrazine groups is 1. The second kappa shape index (κ2) is 5.66. The molecule has 0 aromatic heterocycles. The zero-order valence-electron chi connectivity index (χ0n) is 10.6. The Morgan fingerprint density at radius 3 is 2.52 bits per heavy atom. The van der Waals surface area contributed by atoms with Gasteiger partial charge >= 0.3 is 6.03 Å². The number of carbonyl (C=O) groups is 1. The van der Waals surface area contributed by atoms with E-state index in [1.807, 2.05) is 0 Å². The number of para-hydroxylation sites is 1. The van der Waals surface area contributed by atoms with Gasteiger partial charge in [0.2, 0.25) is 0 Å². The van der Waals surface area contributed by atoms with Crippen LogP contribution in [0.1, 0.15) is 12.8 Å². The summed E-state index contributed by atoms with van der Waals surface area (Å²) in [6.45, 7) is 0. The second-order valence-corrected chi connectivity index (χ2v) is 8.96. The second-order valence-electron chi connectivity index (χ2n) is 4.85. The topological polar surface area (TPSA) is 35.6 Å². The third-order valence-corrected chi connectivity index (χ3v) is 4.56. The average molecular weight is 371 g/mol. The maximum absolute atomic E-state index is 14.0. The number of anilines is 1. The molecule has 0 radical (unpaired) electrons. The average Bonchev–Trinajstić information content (AvgIpc) is 3.17. The van der Waals surface area contributed by atoms with Crippen LogP contribution in [0.5, 0.6) is 0 Å². The van der Waals surface area contributed by atoms with Gasteiger partial charge < -0.3 is 0 Å². The molecule has 4 nitrogen and oxygen atoms in total. The summed E-state index contributed by atoms with van der Waals surface area (Å²) in [5.74, 6) is -0.187. The Hall–Kier alpha value is -0.400. The molecule has 2 aliphatic rings. The van der Waals surface area contributed by atoms with Crippen molar-refractivity contribution in [1.29, 1.82) is 0 Å². The highest BCUT2D eigenvalue weighted by Crippen LogP contribution is 2.45. The smallest absolute Gasteiger partial charge is 0.272 e. The fourth-order valence-corrected chi connectivity index (χ4v) is 3.40. The van der Waals surface area contributed by atoms with Gasteiger partial charge in [0, 0.05) is 11.9 Å². The fourth-order valence-electron chi connectivity index (χ4n) is 2.25. The molecule has 1 unspecified atom stereocenters. The Balaban J connectivity index is 1.90. The van der Waals surface area contributed by atoms with Crippen LogP contribution in [-0.2, 0) is 0 Å². The lowest BCUT2D eigenvalue weighted by Crippen LogP contribution is -2.39. The molecule has 1 aliphatic carbocycles. The molecule has 0 bridgehead atoms. The zero-order chi connectivity index (χ0) is 15.2. The highest BCUT2D eigenvalue weighted by atomic mass is 35.6. The van der Waals surface area contributed by atoms with Gasteiger partial charge in [0.05, 0.1) is 5.69 Å². The summed E-state index contributed by atoms with van der Waals surface area (Å²) < 4.78 is 13.5. The first-order valence-electron chi connectivity index (χ1n) is 6.27. The van der Waals surface area contributed by atoms with Crippen LogP contribution in [0.15, 0.2) is 24.3 Å². The molecule has 3 rings (SSSR count). The summed E-state index contributed by atoms with van der Waals surface area (Å²) in [7, 11) is 0. The third-order valence-electron chi connectivity index (χ3n) is 3.28. The molecule has 1 aliphatic heterocycles. The standard InChI is InChI=1S/C12H11Cl3FN3OS/c13-12(14,15)21-19-11(20)18(10(17-19)7-5-6-7)9-4-2-1-3-8(9)16/h1-4,7,10,17H,5-6H2. The minimum absolute atomic E-state index is 0.222. The largest absolute Gasteiger partial charge is 0.351 e. The van der Waals surface area contributed by atoms with E-state index in [9.17, 15) is 9.18 Å². The number of nitrogens with zero attached hydrogens (tertiary/aromatic N) is 2. The number of carbonyl (C=O) groups excluding carboxylic acids is 1. The van der Waals surface area contributed by atoms with Gasteiger partial charge in [-0.05, 0) is 30.9 Å². The predicted molar refractivity (Wildman–Crippen MR) is 83.6 cm³/mol. The third kappa shape index (κ3) is 3.35. The Morgan fingerprint density at radius 1 is 1.29 bits per heavy atom. The fraction of sp³-hybridized carbons (Fsp3) is 0.417. The van der Waals surface area contributed by atoms with Crippen LogP contribution in [0.3, 0.4) is 0 Å². The summed E-state index contributed by atoms with van der Waals surface area (Å²) >= 11 is 17.9. The van der Waals surface area contributed by atoms with Gasteiger partial charge in [-0.15, -0.1) is 0 Å². The van der Waals surface area contributed by atoms with E-state index >= 15 is 0 Å². The summed E-state index contributed by atoms with van der Waals surface area (Å²) in [5, 5.41) is 0. The van der Waals surface area contributed by atoms with Gasteiger partial charge in [-0.1, -0.05) is 46.9 Å². The van der Waals surface area contributed by atoms with E-state index < -0.39 is 15.0 Å². The van der Waals surface area contributed by atoms with E-state index in [4.69, 9.17) is 34.8 Å². The lowest BCUT2D eigenvalue weighted by atomic mass is 10.2. The molecular formula is C12H11Cl3FN3OS.